The van der Waals surface area contributed by atoms with E-state index in [2.05, 4.69) is 5.32 Å². The molecular formula is C19H19ClN2O2. The fraction of sp³-hybridized carbons (Fsp3) is 0.263. The summed E-state index contributed by atoms with van der Waals surface area (Å²) in [4.78, 5) is 26.1. The Labute approximate surface area is 146 Å². The van der Waals surface area contributed by atoms with E-state index in [0.717, 1.165) is 29.8 Å². The molecule has 124 valence electrons. The largest absolute Gasteiger partial charge is 0.322 e. The number of carbonyl (C=O) groups is 2. The van der Waals surface area contributed by atoms with Gasteiger partial charge in [0.25, 0.3) is 5.91 Å². The lowest BCUT2D eigenvalue weighted by Gasteiger charge is -2.19. The molecule has 2 aromatic carbocycles. The minimum Gasteiger partial charge on any atom is -0.322 e. The number of nitrogens with one attached hydrogen (secondary N) is 1. The van der Waals surface area contributed by atoms with Crippen molar-refractivity contribution in [2.24, 2.45) is 0 Å². The SMILES string of the molecule is Cc1cc(NC(=O)c2cccc(C)c2Cl)ccc1N1CCCC1=O. The number of benzene rings is 2. The molecule has 1 aliphatic rings. The third-order valence-corrected chi connectivity index (χ3v) is 4.76. The first-order valence-electron chi connectivity index (χ1n) is 7.95. The van der Waals surface area contributed by atoms with Gasteiger partial charge >= 0.3 is 0 Å². The predicted molar refractivity (Wildman–Crippen MR) is 96.9 cm³/mol. The van der Waals surface area contributed by atoms with E-state index in [-0.39, 0.29) is 11.8 Å². The lowest BCUT2D eigenvalue weighted by Crippen LogP contribution is -2.24. The lowest BCUT2D eigenvalue weighted by atomic mass is 10.1. The van der Waals surface area contributed by atoms with Crippen LogP contribution in [-0.4, -0.2) is 18.4 Å². The number of rotatable bonds is 3. The maximum absolute atomic E-state index is 12.4. The first-order valence-corrected chi connectivity index (χ1v) is 8.32. The first kappa shape index (κ1) is 16.5. The monoisotopic (exact) mass is 342 g/mol. The number of carbonyl (C=O) groups excluding carboxylic acids is 2. The fourth-order valence-electron chi connectivity index (χ4n) is 2.96. The van der Waals surface area contributed by atoms with E-state index >= 15 is 0 Å². The second-order valence-corrected chi connectivity index (χ2v) is 6.42. The molecule has 0 aliphatic carbocycles. The van der Waals surface area contributed by atoms with Gasteiger partial charge in [0.2, 0.25) is 5.91 Å². The van der Waals surface area contributed by atoms with Crippen LogP contribution in [0, 0.1) is 13.8 Å². The molecule has 0 spiro atoms. The molecule has 3 rings (SSSR count). The molecule has 1 aliphatic heterocycles. The molecule has 0 unspecified atom stereocenters. The smallest absolute Gasteiger partial charge is 0.257 e. The molecule has 1 fully saturated rings. The number of aryl methyl sites for hydroxylation is 2. The van der Waals surface area contributed by atoms with Crippen molar-refractivity contribution in [1.29, 1.82) is 0 Å². The van der Waals surface area contributed by atoms with Crippen molar-refractivity contribution < 1.29 is 9.59 Å². The Bertz CT molecular complexity index is 817. The molecule has 0 aromatic heterocycles. The van der Waals surface area contributed by atoms with Gasteiger partial charge in [0, 0.05) is 24.3 Å². The van der Waals surface area contributed by atoms with Crippen LogP contribution < -0.4 is 10.2 Å². The van der Waals surface area contributed by atoms with E-state index in [1.165, 1.54) is 0 Å². The molecule has 24 heavy (non-hydrogen) atoms. The van der Waals surface area contributed by atoms with Gasteiger partial charge in [-0.2, -0.15) is 0 Å². The van der Waals surface area contributed by atoms with Gasteiger partial charge in [-0.1, -0.05) is 23.7 Å². The molecule has 2 amide bonds. The normalized spacial score (nSPS) is 14.1. The highest BCUT2D eigenvalue weighted by Gasteiger charge is 2.23. The third-order valence-electron chi connectivity index (χ3n) is 4.26. The minimum atomic E-state index is -0.243. The van der Waals surface area contributed by atoms with E-state index < -0.39 is 0 Å². The maximum atomic E-state index is 12.4. The van der Waals surface area contributed by atoms with Gasteiger partial charge in [0.1, 0.15) is 0 Å². The van der Waals surface area contributed by atoms with Crippen LogP contribution in [-0.2, 0) is 4.79 Å². The third kappa shape index (κ3) is 3.15. The first-order chi connectivity index (χ1) is 11.5. The van der Waals surface area contributed by atoms with Crippen LogP contribution in [0.15, 0.2) is 36.4 Å². The Morgan fingerprint density at radius 3 is 2.62 bits per heavy atom. The summed E-state index contributed by atoms with van der Waals surface area (Å²) < 4.78 is 0. The summed E-state index contributed by atoms with van der Waals surface area (Å²) in [5.41, 5.74) is 3.87. The zero-order valence-corrected chi connectivity index (χ0v) is 14.5. The minimum absolute atomic E-state index is 0.154. The van der Waals surface area contributed by atoms with Gasteiger partial charge < -0.3 is 10.2 Å². The average molecular weight is 343 g/mol. The highest BCUT2D eigenvalue weighted by Crippen LogP contribution is 2.28. The van der Waals surface area contributed by atoms with Crippen LogP contribution >= 0.6 is 11.6 Å². The molecule has 2 aromatic rings. The topological polar surface area (TPSA) is 49.4 Å². The standard InChI is InChI=1S/C19H19ClN2O2/c1-12-5-3-6-15(18(12)20)19(24)21-14-8-9-16(13(2)11-14)22-10-4-7-17(22)23/h3,5-6,8-9,11H,4,7,10H2,1-2H3,(H,21,24). The summed E-state index contributed by atoms with van der Waals surface area (Å²) in [5, 5.41) is 3.33. The van der Waals surface area contributed by atoms with E-state index in [4.69, 9.17) is 11.6 Å². The predicted octanol–water partition coefficient (Wildman–Crippen LogP) is 4.34. The highest BCUT2D eigenvalue weighted by atomic mass is 35.5. The Morgan fingerprint density at radius 1 is 1.17 bits per heavy atom. The van der Waals surface area contributed by atoms with Crippen LogP contribution in [0.5, 0.6) is 0 Å². The van der Waals surface area contributed by atoms with E-state index in [9.17, 15) is 9.59 Å². The quantitative estimate of drug-likeness (QED) is 0.902. The van der Waals surface area contributed by atoms with Crippen molar-refractivity contribution in [3.63, 3.8) is 0 Å². The van der Waals surface area contributed by atoms with Crippen molar-refractivity contribution in [3.05, 3.63) is 58.1 Å². The molecule has 0 bridgehead atoms. The summed E-state index contributed by atoms with van der Waals surface area (Å²) >= 11 is 6.21. The molecule has 1 heterocycles. The van der Waals surface area contributed by atoms with Gasteiger partial charge in [-0.3, -0.25) is 9.59 Å². The second kappa shape index (κ2) is 6.65. The number of nitrogens with zero attached hydrogens (tertiary/aromatic N) is 1. The maximum Gasteiger partial charge on any atom is 0.257 e. The molecule has 0 saturated carbocycles. The summed E-state index contributed by atoms with van der Waals surface area (Å²) in [7, 11) is 0. The van der Waals surface area contributed by atoms with E-state index in [1.54, 1.807) is 11.0 Å². The molecule has 0 radical (unpaired) electrons. The molecule has 0 atom stereocenters. The Hall–Kier alpha value is -2.33. The van der Waals surface area contributed by atoms with Crippen molar-refractivity contribution >= 4 is 34.8 Å². The Kier molecular flexibility index (Phi) is 4.58. The lowest BCUT2D eigenvalue weighted by molar-refractivity contribution is -0.117. The van der Waals surface area contributed by atoms with E-state index in [1.807, 2.05) is 44.2 Å². The number of amides is 2. The number of hydrogen-bond donors (Lipinski definition) is 1. The number of hydrogen-bond acceptors (Lipinski definition) is 2. The van der Waals surface area contributed by atoms with Crippen molar-refractivity contribution in [2.45, 2.75) is 26.7 Å². The van der Waals surface area contributed by atoms with Crippen LogP contribution in [0.25, 0.3) is 0 Å². The van der Waals surface area contributed by atoms with E-state index in [0.29, 0.717) is 22.7 Å². The van der Waals surface area contributed by atoms with Gasteiger partial charge in [0.05, 0.1) is 10.6 Å². The van der Waals surface area contributed by atoms with Crippen LogP contribution in [0.3, 0.4) is 0 Å². The van der Waals surface area contributed by atoms with Gasteiger partial charge in [-0.25, -0.2) is 0 Å². The molecular weight excluding hydrogens is 324 g/mol. The van der Waals surface area contributed by atoms with Crippen LogP contribution in [0.1, 0.15) is 34.3 Å². The second-order valence-electron chi connectivity index (χ2n) is 6.04. The van der Waals surface area contributed by atoms with Crippen molar-refractivity contribution in [2.75, 3.05) is 16.8 Å². The zero-order chi connectivity index (χ0) is 17.3. The van der Waals surface area contributed by atoms with Crippen molar-refractivity contribution in [1.82, 2.24) is 0 Å². The van der Waals surface area contributed by atoms with Crippen molar-refractivity contribution in [3.8, 4) is 0 Å². The number of halogens is 1. The molecule has 5 heteroatoms. The van der Waals surface area contributed by atoms with Gasteiger partial charge in [-0.05, 0) is 55.7 Å². The van der Waals surface area contributed by atoms with Gasteiger partial charge in [0.15, 0.2) is 0 Å². The summed E-state index contributed by atoms with van der Waals surface area (Å²) in [6, 6.07) is 11.0. The summed E-state index contributed by atoms with van der Waals surface area (Å²) in [6.07, 6.45) is 1.49. The molecule has 1 N–H and O–H groups in total. The molecule has 1 saturated heterocycles. The Morgan fingerprint density at radius 2 is 1.96 bits per heavy atom. The van der Waals surface area contributed by atoms with Gasteiger partial charge in [-0.15, -0.1) is 0 Å². The van der Waals surface area contributed by atoms with Crippen LogP contribution in [0.4, 0.5) is 11.4 Å². The zero-order valence-electron chi connectivity index (χ0n) is 13.7. The average Bonchev–Trinajstić information content (AvgIpc) is 2.96. The summed E-state index contributed by atoms with van der Waals surface area (Å²) in [5.74, 6) is -0.0884. The number of anilines is 2. The molecule has 4 nitrogen and oxygen atoms in total. The fourth-order valence-corrected chi connectivity index (χ4v) is 3.17. The highest BCUT2D eigenvalue weighted by molar-refractivity contribution is 6.35. The Balaban J connectivity index is 1.81. The summed E-state index contributed by atoms with van der Waals surface area (Å²) in [6.45, 7) is 4.56. The van der Waals surface area contributed by atoms with Crippen LogP contribution in [0.2, 0.25) is 5.02 Å².